The molecule has 3 atom stereocenters. The highest BCUT2D eigenvalue weighted by Crippen LogP contribution is 2.56. The number of rotatable bonds is 3. The third-order valence-electron chi connectivity index (χ3n) is 6.96. The molecule has 180 valence electrons. The van der Waals surface area contributed by atoms with Crippen molar-refractivity contribution in [3.63, 3.8) is 0 Å². The highest BCUT2D eigenvalue weighted by molar-refractivity contribution is 6.03. The van der Waals surface area contributed by atoms with Gasteiger partial charge in [0.05, 0.1) is 18.0 Å². The number of fused-ring (bicyclic) bond motifs is 2. The molecule has 3 N–H and O–H groups in total. The number of nitrogens with one attached hydrogen (secondary N) is 1. The first-order valence-electron chi connectivity index (χ1n) is 11.1. The van der Waals surface area contributed by atoms with Gasteiger partial charge in [-0.2, -0.15) is 0 Å². The number of alkyl halides is 2. The Kier molecular flexibility index (Phi) is 6.38. The standard InChI is InChI=1S/C17H17F2N3O2.C8H9FO/c18-17(19)3-1-8-5-9(6-10(8)17)12-7-13(23)14-11(22-12)2-4-21-15(14)16(20)24;1-6-7(9)4-3-5-8(6)10-2/h2,4,7-10H,1,3,5-6H2,(H2,20,24)(H,22,23);3-5H,1-2H3. The molecule has 34 heavy (non-hydrogen) atoms. The molecule has 9 heteroatoms. The lowest BCUT2D eigenvalue weighted by atomic mass is 9.97. The highest BCUT2D eigenvalue weighted by atomic mass is 19.3. The zero-order valence-corrected chi connectivity index (χ0v) is 18.9. The van der Waals surface area contributed by atoms with Gasteiger partial charge in [-0.05, 0) is 56.2 Å². The van der Waals surface area contributed by atoms with Gasteiger partial charge < -0.3 is 15.5 Å². The Morgan fingerprint density at radius 2 is 2.03 bits per heavy atom. The number of methoxy groups -OCH3 is 1. The number of primary amides is 1. The minimum absolute atomic E-state index is 0.0165. The monoisotopic (exact) mass is 473 g/mol. The van der Waals surface area contributed by atoms with Crippen molar-refractivity contribution in [2.45, 2.75) is 44.4 Å². The van der Waals surface area contributed by atoms with Gasteiger partial charge in [0.25, 0.3) is 11.8 Å². The quantitative estimate of drug-likeness (QED) is 0.576. The van der Waals surface area contributed by atoms with Gasteiger partial charge in [0.1, 0.15) is 17.3 Å². The van der Waals surface area contributed by atoms with Crippen molar-refractivity contribution in [1.29, 1.82) is 0 Å². The Bertz CT molecular complexity index is 1290. The molecule has 5 rings (SSSR count). The molecule has 0 radical (unpaired) electrons. The lowest BCUT2D eigenvalue weighted by Gasteiger charge is -2.18. The Labute approximate surface area is 194 Å². The van der Waals surface area contributed by atoms with Crippen molar-refractivity contribution in [1.82, 2.24) is 9.97 Å². The Morgan fingerprint density at radius 1 is 1.26 bits per heavy atom. The third-order valence-corrected chi connectivity index (χ3v) is 6.96. The van der Waals surface area contributed by atoms with Gasteiger partial charge in [0.2, 0.25) is 0 Å². The second-order valence-corrected chi connectivity index (χ2v) is 8.94. The van der Waals surface area contributed by atoms with E-state index in [2.05, 4.69) is 9.97 Å². The Morgan fingerprint density at radius 3 is 2.68 bits per heavy atom. The highest BCUT2D eigenvalue weighted by Gasteiger charge is 2.54. The van der Waals surface area contributed by atoms with Crippen LogP contribution in [0.4, 0.5) is 13.2 Å². The van der Waals surface area contributed by atoms with Crippen molar-refractivity contribution in [3.05, 3.63) is 69.5 Å². The molecule has 0 aliphatic heterocycles. The van der Waals surface area contributed by atoms with Gasteiger partial charge in [-0.3, -0.25) is 14.6 Å². The fourth-order valence-corrected chi connectivity index (χ4v) is 5.21. The number of carbonyl (C=O) groups is 1. The van der Waals surface area contributed by atoms with Crippen LogP contribution in [0.5, 0.6) is 5.75 Å². The van der Waals surface area contributed by atoms with Crippen LogP contribution in [0.2, 0.25) is 0 Å². The van der Waals surface area contributed by atoms with Crippen molar-refractivity contribution in [2.75, 3.05) is 7.11 Å². The molecule has 2 aliphatic carbocycles. The van der Waals surface area contributed by atoms with E-state index in [1.165, 1.54) is 25.4 Å². The minimum Gasteiger partial charge on any atom is -0.496 e. The molecular formula is C25H26F3N3O3. The molecule has 3 unspecified atom stereocenters. The van der Waals surface area contributed by atoms with E-state index >= 15 is 0 Å². The van der Waals surface area contributed by atoms with Crippen LogP contribution in [0.3, 0.4) is 0 Å². The predicted octanol–water partition coefficient (Wildman–Crippen LogP) is 4.70. The molecule has 1 aromatic carbocycles. The van der Waals surface area contributed by atoms with E-state index in [0.29, 0.717) is 41.8 Å². The van der Waals surface area contributed by atoms with Crippen LogP contribution in [0.15, 0.2) is 41.3 Å². The summed E-state index contributed by atoms with van der Waals surface area (Å²) in [6.07, 6.45) is 2.96. The molecule has 3 aromatic rings. The topological polar surface area (TPSA) is 98.1 Å². The van der Waals surface area contributed by atoms with Crippen LogP contribution in [-0.4, -0.2) is 28.9 Å². The van der Waals surface area contributed by atoms with E-state index in [1.54, 1.807) is 25.1 Å². The molecule has 1 amide bonds. The lowest BCUT2D eigenvalue weighted by molar-refractivity contribution is -0.0412. The van der Waals surface area contributed by atoms with Crippen molar-refractivity contribution in [3.8, 4) is 5.75 Å². The number of amides is 1. The number of aromatic nitrogens is 2. The fourth-order valence-electron chi connectivity index (χ4n) is 5.21. The Balaban J connectivity index is 0.000000231. The van der Waals surface area contributed by atoms with Crippen LogP contribution in [-0.2, 0) is 0 Å². The maximum absolute atomic E-state index is 13.9. The number of H-pyrrole nitrogens is 1. The summed E-state index contributed by atoms with van der Waals surface area (Å²) in [6, 6.07) is 7.77. The first-order chi connectivity index (χ1) is 16.1. The largest absolute Gasteiger partial charge is 0.496 e. The molecule has 6 nitrogen and oxygen atoms in total. The third kappa shape index (κ3) is 4.38. The number of halogens is 3. The molecule has 2 fully saturated rings. The van der Waals surface area contributed by atoms with Crippen LogP contribution < -0.4 is 15.9 Å². The SMILES string of the molecule is COc1cccc(F)c1C.NC(=O)c1nccc2[nH]c(C3CC4CCC(F)(F)C4C3)cc(=O)c12. The van der Waals surface area contributed by atoms with E-state index < -0.39 is 17.7 Å². The average molecular weight is 473 g/mol. The van der Waals surface area contributed by atoms with E-state index in [4.69, 9.17) is 10.5 Å². The molecule has 2 saturated carbocycles. The summed E-state index contributed by atoms with van der Waals surface area (Å²) < 4.78 is 45.4. The number of carbonyl (C=O) groups excluding carboxylic acids is 1. The molecule has 0 spiro atoms. The summed E-state index contributed by atoms with van der Waals surface area (Å²) in [5, 5.41) is 0.150. The first-order valence-corrected chi connectivity index (χ1v) is 11.1. The summed E-state index contributed by atoms with van der Waals surface area (Å²) in [5.74, 6) is -3.66. The summed E-state index contributed by atoms with van der Waals surface area (Å²) in [7, 11) is 1.53. The van der Waals surface area contributed by atoms with Gasteiger partial charge in [-0.1, -0.05) is 6.07 Å². The lowest BCUT2D eigenvalue weighted by Crippen LogP contribution is -2.22. The molecule has 2 aliphatic rings. The van der Waals surface area contributed by atoms with Crippen molar-refractivity contribution < 1.29 is 22.7 Å². The summed E-state index contributed by atoms with van der Waals surface area (Å²) in [4.78, 5) is 30.9. The van der Waals surface area contributed by atoms with Gasteiger partial charge in [0, 0.05) is 35.9 Å². The number of nitrogens with two attached hydrogens (primary N) is 1. The van der Waals surface area contributed by atoms with Crippen LogP contribution in [0, 0.1) is 24.6 Å². The maximum atomic E-state index is 13.9. The fraction of sp³-hybridized carbons (Fsp3) is 0.400. The van der Waals surface area contributed by atoms with Crippen LogP contribution in [0.25, 0.3) is 10.9 Å². The Hall–Kier alpha value is -3.36. The number of hydrogen-bond acceptors (Lipinski definition) is 4. The number of nitrogens with zero attached hydrogens (tertiary/aromatic N) is 1. The number of hydrogen-bond donors (Lipinski definition) is 2. The smallest absolute Gasteiger partial charge is 0.268 e. The van der Waals surface area contributed by atoms with Crippen molar-refractivity contribution >= 4 is 16.8 Å². The van der Waals surface area contributed by atoms with E-state index in [9.17, 15) is 22.8 Å². The van der Waals surface area contributed by atoms with E-state index in [-0.39, 0.29) is 40.6 Å². The predicted molar refractivity (Wildman–Crippen MR) is 122 cm³/mol. The van der Waals surface area contributed by atoms with Gasteiger partial charge in [0.15, 0.2) is 5.43 Å². The summed E-state index contributed by atoms with van der Waals surface area (Å²) >= 11 is 0. The zero-order chi connectivity index (χ0) is 24.6. The average Bonchev–Trinajstić information content (AvgIpc) is 3.36. The number of aromatic amines is 1. The molecular weight excluding hydrogens is 447 g/mol. The maximum Gasteiger partial charge on any atom is 0.268 e. The van der Waals surface area contributed by atoms with E-state index in [1.807, 2.05) is 0 Å². The number of pyridine rings is 2. The number of ether oxygens (including phenoxy) is 1. The second-order valence-electron chi connectivity index (χ2n) is 8.94. The van der Waals surface area contributed by atoms with Gasteiger partial charge in [-0.25, -0.2) is 13.2 Å². The van der Waals surface area contributed by atoms with Crippen LogP contribution >= 0.6 is 0 Å². The zero-order valence-electron chi connectivity index (χ0n) is 18.9. The van der Waals surface area contributed by atoms with Crippen molar-refractivity contribution in [2.24, 2.45) is 17.6 Å². The first kappa shape index (κ1) is 23.8. The van der Waals surface area contributed by atoms with Crippen LogP contribution in [0.1, 0.15) is 53.3 Å². The molecule has 0 saturated heterocycles. The molecule has 0 bridgehead atoms. The summed E-state index contributed by atoms with van der Waals surface area (Å²) in [6.45, 7) is 1.69. The minimum atomic E-state index is -2.60. The summed E-state index contributed by atoms with van der Waals surface area (Å²) in [5.41, 5.74) is 6.51. The second kappa shape index (κ2) is 9.12. The molecule has 2 aromatic heterocycles. The molecule has 2 heterocycles. The number of benzene rings is 1. The van der Waals surface area contributed by atoms with Gasteiger partial charge in [-0.15, -0.1) is 0 Å². The van der Waals surface area contributed by atoms with E-state index in [0.717, 1.165) is 0 Å². The normalized spacial score (nSPS) is 22.7. The van der Waals surface area contributed by atoms with Gasteiger partial charge >= 0.3 is 0 Å².